The van der Waals surface area contributed by atoms with Gasteiger partial charge < -0.3 is 5.32 Å². The number of nitrogens with one attached hydrogen (secondary N) is 1. The van der Waals surface area contributed by atoms with E-state index in [2.05, 4.69) is 5.32 Å². The van der Waals surface area contributed by atoms with Crippen molar-refractivity contribution in [1.82, 2.24) is 9.62 Å². The lowest BCUT2D eigenvalue weighted by atomic mass is 10.1. The molecular formula is C17H19ClN2O3S. The van der Waals surface area contributed by atoms with Crippen LogP contribution in [-0.4, -0.2) is 32.7 Å². The summed E-state index contributed by atoms with van der Waals surface area (Å²) in [5.41, 5.74) is 2.18. The number of hydrogen-bond acceptors (Lipinski definition) is 3. The van der Waals surface area contributed by atoms with Crippen LogP contribution in [0.5, 0.6) is 0 Å². The number of halogens is 1. The number of aryl methyl sites for hydroxylation is 1. The predicted octanol–water partition coefficient (Wildman–Crippen LogP) is 2.83. The molecule has 7 heteroatoms. The molecule has 0 fully saturated rings. The Labute approximate surface area is 147 Å². The van der Waals surface area contributed by atoms with Gasteiger partial charge in [0.15, 0.2) is 0 Å². The van der Waals surface area contributed by atoms with E-state index in [-0.39, 0.29) is 15.5 Å². The third-order valence-electron chi connectivity index (χ3n) is 3.50. The summed E-state index contributed by atoms with van der Waals surface area (Å²) in [7, 11) is -0.764. The third kappa shape index (κ3) is 4.14. The molecule has 1 amide bonds. The van der Waals surface area contributed by atoms with Crippen molar-refractivity contribution in [1.29, 1.82) is 0 Å². The van der Waals surface area contributed by atoms with Gasteiger partial charge in [0.1, 0.15) is 0 Å². The molecule has 0 aliphatic rings. The Kier molecular flexibility index (Phi) is 5.64. The van der Waals surface area contributed by atoms with Gasteiger partial charge in [-0.1, -0.05) is 41.4 Å². The van der Waals surface area contributed by atoms with E-state index in [0.717, 1.165) is 15.4 Å². The Morgan fingerprint density at radius 3 is 2.50 bits per heavy atom. The van der Waals surface area contributed by atoms with Gasteiger partial charge in [0.2, 0.25) is 10.0 Å². The summed E-state index contributed by atoms with van der Waals surface area (Å²) in [6.07, 6.45) is 0. The SMILES string of the molecule is Cc1cccc(CNC(=O)c2cc(S(=O)(=O)N(C)C)ccc2Cl)c1. The molecule has 5 nitrogen and oxygen atoms in total. The number of hydrogen-bond donors (Lipinski definition) is 1. The van der Waals surface area contributed by atoms with Crippen LogP contribution in [0.4, 0.5) is 0 Å². The van der Waals surface area contributed by atoms with Gasteiger partial charge in [-0.25, -0.2) is 12.7 Å². The monoisotopic (exact) mass is 366 g/mol. The number of amides is 1. The molecule has 0 spiro atoms. The topological polar surface area (TPSA) is 66.5 Å². The fraction of sp³-hybridized carbons (Fsp3) is 0.235. The van der Waals surface area contributed by atoms with Crippen molar-refractivity contribution in [2.24, 2.45) is 0 Å². The highest BCUT2D eigenvalue weighted by molar-refractivity contribution is 7.89. The zero-order valence-electron chi connectivity index (χ0n) is 13.7. The van der Waals surface area contributed by atoms with E-state index in [1.807, 2.05) is 31.2 Å². The highest BCUT2D eigenvalue weighted by Crippen LogP contribution is 2.22. The van der Waals surface area contributed by atoms with E-state index in [1.165, 1.54) is 32.3 Å². The molecule has 128 valence electrons. The Balaban J connectivity index is 2.23. The summed E-state index contributed by atoms with van der Waals surface area (Å²) in [4.78, 5) is 12.4. The molecule has 0 bridgehead atoms. The van der Waals surface area contributed by atoms with Gasteiger partial charge in [-0.05, 0) is 30.7 Å². The first-order chi connectivity index (χ1) is 11.2. The lowest BCUT2D eigenvalue weighted by Crippen LogP contribution is -2.25. The number of rotatable bonds is 5. The van der Waals surface area contributed by atoms with Crippen molar-refractivity contribution in [3.63, 3.8) is 0 Å². The molecule has 24 heavy (non-hydrogen) atoms. The van der Waals surface area contributed by atoms with Crippen LogP contribution >= 0.6 is 11.6 Å². The maximum absolute atomic E-state index is 12.4. The van der Waals surface area contributed by atoms with E-state index in [4.69, 9.17) is 11.6 Å². The predicted molar refractivity (Wildman–Crippen MR) is 94.7 cm³/mol. The summed E-state index contributed by atoms with van der Waals surface area (Å²) >= 11 is 6.06. The lowest BCUT2D eigenvalue weighted by molar-refractivity contribution is 0.0951. The van der Waals surface area contributed by atoms with E-state index < -0.39 is 15.9 Å². The molecule has 0 aliphatic carbocycles. The van der Waals surface area contributed by atoms with Crippen molar-refractivity contribution in [3.8, 4) is 0 Å². The van der Waals surface area contributed by atoms with Gasteiger partial charge >= 0.3 is 0 Å². The number of sulfonamides is 1. The van der Waals surface area contributed by atoms with E-state index in [0.29, 0.717) is 6.54 Å². The molecule has 1 N–H and O–H groups in total. The van der Waals surface area contributed by atoms with Crippen molar-refractivity contribution in [2.45, 2.75) is 18.4 Å². The van der Waals surface area contributed by atoms with Gasteiger partial charge in [0.25, 0.3) is 5.91 Å². The van der Waals surface area contributed by atoms with E-state index in [1.54, 1.807) is 0 Å². The fourth-order valence-electron chi connectivity index (χ4n) is 2.15. The Bertz CT molecular complexity index is 864. The van der Waals surface area contributed by atoms with Crippen LogP contribution in [0.1, 0.15) is 21.5 Å². The number of carbonyl (C=O) groups excluding carboxylic acids is 1. The van der Waals surface area contributed by atoms with Crippen molar-refractivity contribution in [3.05, 3.63) is 64.2 Å². The number of benzene rings is 2. The molecule has 0 heterocycles. The Hall–Kier alpha value is -1.89. The van der Waals surface area contributed by atoms with Crippen molar-refractivity contribution >= 4 is 27.5 Å². The van der Waals surface area contributed by atoms with Crippen LogP contribution in [-0.2, 0) is 16.6 Å². The minimum atomic E-state index is -3.63. The lowest BCUT2D eigenvalue weighted by Gasteiger charge is -2.13. The maximum atomic E-state index is 12.4. The van der Waals surface area contributed by atoms with Crippen LogP contribution in [0.3, 0.4) is 0 Å². The third-order valence-corrected chi connectivity index (χ3v) is 5.64. The van der Waals surface area contributed by atoms with E-state index >= 15 is 0 Å². The first kappa shape index (κ1) is 18.4. The van der Waals surface area contributed by atoms with Crippen LogP contribution in [0.2, 0.25) is 5.02 Å². The molecule has 0 saturated heterocycles. The van der Waals surface area contributed by atoms with E-state index in [9.17, 15) is 13.2 Å². The smallest absolute Gasteiger partial charge is 0.253 e. The van der Waals surface area contributed by atoms with Gasteiger partial charge in [-0.2, -0.15) is 0 Å². The van der Waals surface area contributed by atoms with Crippen LogP contribution in [0, 0.1) is 6.92 Å². The molecule has 2 aromatic rings. The van der Waals surface area contributed by atoms with Gasteiger partial charge in [0, 0.05) is 20.6 Å². The molecule has 0 atom stereocenters. The average molecular weight is 367 g/mol. The van der Waals surface area contributed by atoms with Crippen LogP contribution in [0.25, 0.3) is 0 Å². The summed E-state index contributed by atoms with van der Waals surface area (Å²) in [5, 5.41) is 2.96. The molecule has 0 unspecified atom stereocenters. The highest BCUT2D eigenvalue weighted by Gasteiger charge is 2.20. The molecule has 0 radical (unpaired) electrons. The molecule has 2 aromatic carbocycles. The van der Waals surface area contributed by atoms with Crippen molar-refractivity contribution in [2.75, 3.05) is 14.1 Å². The zero-order chi connectivity index (χ0) is 17.9. The quantitative estimate of drug-likeness (QED) is 0.884. The highest BCUT2D eigenvalue weighted by atomic mass is 35.5. The minimum Gasteiger partial charge on any atom is -0.348 e. The van der Waals surface area contributed by atoms with Gasteiger partial charge in [-0.15, -0.1) is 0 Å². The molecule has 2 rings (SSSR count). The number of carbonyl (C=O) groups is 1. The average Bonchev–Trinajstić information content (AvgIpc) is 2.52. The normalized spacial score (nSPS) is 11.5. The first-order valence-electron chi connectivity index (χ1n) is 7.27. The summed E-state index contributed by atoms with van der Waals surface area (Å²) in [6.45, 7) is 2.30. The summed E-state index contributed by atoms with van der Waals surface area (Å²) in [5.74, 6) is -0.419. The standard InChI is InChI=1S/C17H19ClN2O3S/c1-12-5-4-6-13(9-12)11-19-17(21)15-10-14(7-8-16(15)18)24(22,23)20(2)3/h4-10H,11H2,1-3H3,(H,19,21). The summed E-state index contributed by atoms with van der Waals surface area (Å²) in [6, 6.07) is 11.8. The first-order valence-corrected chi connectivity index (χ1v) is 9.09. The molecule has 0 aromatic heterocycles. The summed E-state index contributed by atoms with van der Waals surface area (Å²) < 4.78 is 25.5. The largest absolute Gasteiger partial charge is 0.348 e. The molecule has 0 saturated carbocycles. The second kappa shape index (κ2) is 7.34. The number of nitrogens with zero attached hydrogens (tertiary/aromatic N) is 1. The Morgan fingerprint density at radius 1 is 1.17 bits per heavy atom. The zero-order valence-corrected chi connectivity index (χ0v) is 15.3. The van der Waals surface area contributed by atoms with Gasteiger partial charge in [-0.3, -0.25) is 4.79 Å². The van der Waals surface area contributed by atoms with Crippen molar-refractivity contribution < 1.29 is 13.2 Å². The van der Waals surface area contributed by atoms with Crippen LogP contribution < -0.4 is 5.32 Å². The molecular weight excluding hydrogens is 348 g/mol. The van der Waals surface area contributed by atoms with Crippen LogP contribution in [0.15, 0.2) is 47.4 Å². The fourth-order valence-corrected chi connectivity index (χ4v) is 3.28. The maximum Gasteiger partial charge on any atom is 0.253 e. The van der Waals surface area contributed by atoms with Gasteiger partial charge in [0.05, 0.1) is 15.5 Å². The Morgan fingerprint density at radius 2 is 1.88 bits per heavy atom. The second-order valence-electron chi connectivity index (χ2n) is 5.60. The molecule has 0 aliphatic heterocycles. The second-order valence-corrected chi connectivity index (χ2v) is 8.16. The minimum absolute atomic E-state index is 0.0256.